The van der Waals surface area contributed by atoms with Crippen LogP contribution in [-0.2, 0) is 28.9 Å². The molecule has 1 fully saturated rings. The summed E-state index contributed by atoms with van der Waals surface area (Å²) in [7, 11) is 0. The molecule has 2 aromatic carbocycles. The summed E-state index contributed by atoms with van der Waals surface area (Å²) in [5.74, 6) is -1.20. The molecule has 2 heterocycles. The quantitative estimate of drug-likeness (QED) is 0.747. The van der Waals surface area contributed by atoms with E-state index in [4.69, 9.17) is 0 Å². The first kappa shape index (κ1) is 19.6. The van der Waals surface area contributed by atoms with Gasteiger partial charge in [0.05, 0.1) is 6.42 Å². The summed E-state index contributed by atoms with van der Waals surface area (Å²) in [5.41, 5.74) is 3.20. The van der Waals surface area contributed by atoms with Crippen LogP contribution in [0.4, 0.5) is 10.1 Å². The van der Waals surface area contributed by atoms with E-state index in [0.717, 1.165) is 49.3 Å². The minimum Gasteiger partial charge on any atom is -0.550 e. The number of benzene rings is 2. The fourth-order valence-corrected chi connectivity index (χ4v) is 4.42. The number of amides is 1. The van der Waals surface area contributed by atoms with Gasteiger partial charge in [-0.15, -0.1) is 0 Å². The first-order valence-electron chi connectivity index (χ1n) is 10.1. The molecule has 2 aliphatic heterocycles. The second-order valence-corrected chi connectivity index (χ2v) is 7.87. The molecule has 0 bridgehead atoms. The molecule has 0 aliphatic carbocycles. The Hall–Kier alpha value is -2.73. The van der Waals surface area contributed by atoms with Crippen LogP contribution < -0.4 is 10.0 Å². The topological polar surface area (TPSA) is 63.7 Å². The number of rotatable bonds is 6. The van der Waals surface area contributed by atoms with E-state index < -0.39 is 5.97 Å². The summed E-state index contributed by atoms with van der Waals surface area (Å²) in [6.45, 7) is 2.52. The SMILES string of the molecule is O=C([O-])Cc1ccc2c(c1)N(C1CCN(CCc3ccccc3F)CC1)C(=O)C2. The standard InChI is InChI=1S/C23H25FN2O3/c24-20-4-2-1-3-17(20)7-10-25-11-8-19(9-12-25)26-21-13-16(14-23(28)29)5-6-18(21)15-22(26)27/h1-6,13,19H,7-12,14-15H2,(H,28,29)/p-1. The highest BCUT2D eigenvalue weighted by Crippen LogP contribution is 2.34. The fourth-order valence-electron chi connectivity index (χ4n) is 4.42. The molecule has 0 atom stereocenters. The van der Waals surface area contributed by atoms with E-state index >= 15 is 0 Å². The first-order chi connectivity index (χ1) is 14.0. The Kier molecular flexibility index (Phi) is 5.62. The van der Waals surface area contributed by atoms with E-state index in [-0.39, 0.29) is 24.2 Å². The molecule has 0 spiro atoms. The number of carbonyl (C=O) groups is 2. The molecule has 29 heavy (non-hydrogen) atoms. The number of hydrogen-bond acceptors (Lipinski definition) is 4. The van der Waals surface area contributed by atoms with Crippen LogP contribution in [0.25, 0.3) is 0 Å². The molecule has 1 saturated heterocycles. The third-order valence-corrected chi connectivity index (χ3v) is 5.95. The maximum atomic E-state index is 13.8. The summed E-state index contributed by atoms with van der Waals surface area (Å²) in [5, 5.41) is 10.9. The normalized spacial score (nSPS) is 17.6. The van der Waals surface area contributed by atoms with Crippen molar-refractivity contribution in [3.8, 4) is 0 Å². The molecule has 6 heteroatoms. The van der Waals surface area contributed by atoms with Crippen LogP contribution in [0, 0.1) is 5.82 Å². The van der Waals surface area contributed by atoms with Gasteiger partial charge in [-0.3, -0.25) is 4.79 Å². The second-order valence-electron chi connectivity index (χ2n) is 7.87. The van der Waals surface area contributed by atoms with Gasteiger partial charge >= 0.3 is 0 Å². The molecule has 0 unspecified atom stereocenters. The van der Waals surface area contributed by atoms with Gasteiger partial charge in [0.1, 0.15) is 5.82 Å². The lowest BCUT2D eigenvalue weighted by atomic mass is 10.0. The van der Waals surface area contributed by atoms with Crippen LogP contribution in [0.15, 0.2) is 42.5 Å². The van der Waals surface area contributed by atoms with Gasteiger partial charge in [-0.1, -0.05) is 30.3 Å². The molecule has 0 radical (unpaired) electrons. The Bertz CT molecular complexity index is 922. The van der Waals surface area contributed by atoms with Crippen LogP contribution >= 0.6 is 0 Å². The van der Waals surface area contributed by atoms with E-state index in [9.17, 15) is 19.1 Å². The van der Waals surface area contributed by atoms with Crippen LogP contribution in [-0.4, -0.2) is 42.5 Å². The zero-order valence-corrected chi connectivity index (χ0v) is 16.3. The molecule has 0 saturated carbocycles. The second kappa shape index (κ2) is 8.33. The summed E-state index contributed by atoms with van der Waals surface area (Å²) in [6.07, 6.45) is 2.61. The maximum absolute atomic E-state index is 13.8. The maximum Gasteiger partial charge on any atom is 0.231 e. The predicted molar refractivity (Wildman–Crippen MR) is 106 cm³/mol. The lowest BCUT2D eigenvalue weighted by Gasteiger charge is -2.37. The number of piperidine rings is 1. The van der Waals surface area contributed by atoms with Gasteiger partial charge in [0.2, 0.25) is 5.91 Å². The Morgan fingerprint density at radius 3 is 2.62 bits per heavy atom. The Balaban J connectivity index is 1.38. The minimum absolute atomic E-state index is 0.0791. The number of carboxylic acids is 1. The summed E-state index contributed by atoms with van der Waals surface area (Å²) in [4.78, 5) is 27.7. The van der Waals surface area contributed by atoms with Crippen molar-refractivity contribution in [3.63, 3.8) is 0 Å². The van der Waals surface area contributed by atoms with Gasteiger partial charge in [-0.25, -0.2) is 4.39 Å². The van der Waals surface area contributed by atoms with Crippen LogP contribution in [0.2, 0.25) is 0 Å². The number of carboxylic acid groups (broad SMARTS) is 1. The summed E-state index contributed by atoms with van der Waals surface area (Å²) >= 11 is 0. The largest absolute Gasteiger partial charge is 0.550 e. The number of likely N-dealkylation sites (tertiary alicyclic amines) is 1. The molecule has 2 aromatic rings. The van der Waals surface area contributed by atoms with Crippen molar-refractivity contribution in [2.24, 2.45) is 0 Å². The predicted octanol–water partition coefficient (Wildman–Crippen LogP) is 1.71. The van der Waals surface area contributed by atoms with Crippen LogP contribution in [0.1, 0.15) is 29.5 Å². The molecule has 2 aliphatic rings. The molecular weight excluding hydrogens is 371 g/mol. The van der Waals surface area contributed by atoms with Crippen molar-refractivity contribution in [2.75, 3.05) is 24.5 Å². The zero-order valence-electron chi connectivity index (χ0n) is 16.3. The molecule has 0 N–H and O–H groups in total. The number of halogens is 1. The fraction of sp³-hybridized carbons (Fsp3) is 0.391. The number of fused-ring (bicyclic) bond motifs is 1. The van der Waals surface area contributed by atoms with Crippen molar-refractivity contribution < 1.29 is 19.1 Å². The van der Waals surface area contributed by atoms with Crippen molar-refractivity contribution >= 4 is 17.6 Å². The third kappa shape index (κ3) is 4.32. The van der Waals surface area contributed by atoms with Gasteiger partial charge in [0.25, 0.3) is 0 Å². The Labute approximate surface area is 169 Å². The number of nitrogens with zero attached hydrogens (tertiary/aromatic N) is 2. The average Bonchev–Trinajstić information content (AvgIpc) is 3.02. The van der Waals surface area contributed by atoms with E-state index in [1.54, 1.807) is 12.1 Å². The third-order valence-electron chi connectivity index (χ3n) is 5.95. The molecule has 4 rings (SSSR count). The number of anilines is 1. The van der Waals surface area contributed by atoms with Gasteiger partial charge < -0.3 is 19.7 Å². The summed E-state index contributed by atoms with van der Waals surface area (Å²) in [6, 6.07) is 12.4. The number of carbonyl (C=O) groups excluding carboxylic acids is 2. The van der Waals surface area contributed by atoms with Crippen molar-refractivity contribution in [1.29, 1.82) is 0 Å². The zero-order chi connectivity index (χ0) is 20.4. The molecule has 152 valence electrons. The van der Waals surface area contributed by atoms with E-state index in [0.29, 0.717) is 18.4 Å². The van der Waals surface area contributed by atoms with Gasteiger partial charge in [-0.2, -0.15) is 0 Å². The van der Waals surface area contributed by atoms with Crippen LogP contribution in [0.3, 0.4) is 0 Å². The average molecular weight is 395 g/mol. The van der Waals surface area contributed by atoms with Gasteiger partial charge in [0.15, 0.2) is 0 Å². The van der Waals surface area contributed by atoms with Crippen molar-refractivity contribution in [1.82, 2.24) is 4.90 Å². The first-order valence-corrected chi connectivity index (χ1v) is 10.1. The van der Waals surface area contributed by atoms with Crippen molar-refractivity contribution in [3.05, 3.63) is 65.0 Å². The lowest BCUT2D eigenvalue weighted by Crippen LogP contribution is -2.46. The van der Waals surface area contributed by atoms with E-state index in [1.165, 1.54) is 6.07 Å². The highest BCUT2D eigenvalue weighted by Gasteiger charge is 2.34. The molecular formula is C23H24FN2O3-. The van der Waals surface area contributed by atoms with Crippen LogP contribution in [0.5, 0.6) is 0 Å². The molecule has 1 amide bonds. The smallest absolute Gasteiger partial charge is 0.231 e. The highest BCUT2D eigenvalue weighted by atomic mass is 19.1. The highest BCUT2D eigenvalue weighted by molar-refractivity contribution is 6.02. The number of aliphatic carboxylic acids is 1. The Morgan fingerprint density at radius 2 is 1.90 bits per heavy atom. The summed E-state index contributed by atoms with van der Waals surface area (Å²) < 4.78 is 13.8. The van der Waals surface area contributed by atoms with Gasteiger partial charge in [0, 0.05) is 43.8 Å². The van der Waals surface area contributed by atoms with E-state index in [2.05, 4.69) is 4.90 Å². The number of hydrogen-bond donors (Lipinski definition) is 0. The van der Waals surface area contributed by atoms with Crippen molar-refractivity contribution in [2.45, 2.75) is 38.1 Å². The monoisotopic (exact) mass is 395 g/mol. The minimum atomic E-state index is -1.12. The molecule has 5 nitrogen and oxygen atoms in total. The van der Waals surface area contributed by atoms with Gasteiger partial charge in [-0.05, 0) is 48.1 Å². The lowest BCUT2D eigenvalue weighted by molar-refractivity contribution is -0.304. The van der Waals surface area contributed by atoms with E-state index in [1.807, 2.05) is 29.2 Å². The Morgan fingerprint density at radius 1 is 1.14 bits per heavy atom. The molecule has 0 aromatic heterocycles.